The maximum absolute atomic E-state index is 13.2. The van der Waals surface area contributed by atoms with Crippen molar-refractivity contribution in [2.24, 2.45) is 0 Å². The first kappa shape index (κ1) is 19.5. The average Bonchev–Trinajstić information content (AvgIpc) is 2.74. The normalized spacial score (nSPS) is 11.5. The number of carbonyl (C=O) groups is 1. The Labute approximate surface area is 165 Å². The molecule has 0 bridgehead atoms. The van der Waals surface area contributed by atoms with Crippen molar-refractivity contribution in [2.45, 2.75) is 13.0 Å². The highest BCUT2D eigenvalue weighted by molar-refractivity contribution is 5.96. The summed E-state index contributed by atoms with van der Waals surface area (Å²) in [7, 11) is 1.90. The van der Waals surface area contributed by atoms with Gasteiger partial charge >= 0.3 is 0 Å². The minimum absolute atomic E-state index is 0.166. The van der Waals surface area contributed by atoms with E-state index in [4.69, 9.17) is 4.74 Å². The fraction of sp³-hybridized carbons (Fsp3) is 0.174. The number of hydrogen-bond donors (Lipinski definition) is 2. The Hall–Kier alpha value is -3.31. The second kappa shape index (κ2) is 9.58. The lowest BCUT2D eigenvalue weighted by Crippen LogP contribution is -2.43. The van der Waals surface area contributed by atoms with Crippen molar-refractivity contribution in [3.8, 4) is 5.75 Å². The van der Waals surface area contributed by atoms with Gasteiger partial charge in [0.05, 0.1) is 18.0 Å². The van der Waals surface area contributed by atoms with Crippen LogP contribution in [0, 0.1) is 0 Å². The van der Waals surface area contributed by atoms with Gasteiger partial charge < -0.3 is 15.1 Å². The van der Waals surface area contributed by atoms with Crippen LogP contribution in [0.1, 0.15) is 18.5 Å². The summed E-state index contributed by atoms with van der Waals surface area (Å²) in [4.78, 5) is 13.2. The standard InChI is InChI=1S/C23H25N3O2/c1-3-28-21-17-11-10-16-20(21)24-23(27)22(18-12-6-4-7-13-18)25-26(2)19-14-8-5-9-15-19/h4-17,22,25H,3H2,1-2H3,(H,24,27)/t22-/m0/s1. The van der Waals surface area contributed by atoms with Crippen LogP contribution in [-0.2, 0) is 4.79 Å². The molecule has 0 saturated carbocycles. The number of hydrogen-bond acceptors (Lipinski definition) is 4. The molecule has 0 aliphatic heterocycles. The third-order valence-electron chi connectivity index (χ3n) is 4.31. The first-order valence-corrected chi connectivity index (χ1v) is 9.31. The van der Waals surface area contributed by atoms with Crippen LogP contribution in [0.4, 0.5) is 11.4 Å². The molecule has 0 fully saturated rings. The molecule has 0 aliphatic rings. The van der Waals surface area contributed by atoms with E-state index < -0.39 is 6.04 Å². The Kier molecular flexibility index (Phi) is 6.65. The maximum atomic E-state index is 13.2. The first-order chi connectivity index (χ1) is 13.7. The zero-order valence-corrected chi connectivity index (χ0v) is 16.1. The molecular weight excluding hydrogens is 350 g/mol. The summed E-state index contributed by atoms with van der Waals surface area (Å²) < 4.78 is 5.63. The lowest BCUT2D eigenvalue weighted by atomic mass is 10.1. The SMILES string of the molecule is CCOc1ccccc1NC(=O)[C@@H](NN(C)c1ccccc1)c1ccccc1. The minimum Gasteiger partial charge on any atom is -0.492 e. The molecule has 3 rings (SSSR count). The fourth-order valence-electron chi connectivity index (χ4n) is 2.91. The molecule has 0 radical (unpaired) electrons. The summed E-state index contributed by atoms with van der Waals surface area (Å²) in [6.45, 7) is 2.45. The Morgan fingerprint density at radius 2 is 1.54 bits per heavy atom. The molecule has 1 atom stereocenters. The second-order valence-corrected chi connectivity index (χ2v) is 6.29. The fourth-order valence-corrected chi connectivity index (χ4v) is 2.91. The van der Waals surface area contributed by atoms with Gasteiger partial charge in [-0.2, -0.15) is 0 Å². The van der Waals surface area contributed by atoms with E-state index in [0.29, 0.717) is 18.0 Å². The van der Waals surface area contributed by atoms with Crippen LogP contribution < -0.4 is 20.5 Å². The minimum atomic E-state index is -0.568. The van der Waals surface area contributed by atoms with Crippen molar-refractivity contribution < 1.29 is 9.53 Å². The lowest BCUT2D eigenvalue weighted by Gasteiger charge is -2.27. The summed E-state index contributed by atoms with van der Waals surface area (Å²) in [5.41, 5.74) is 5.79. The largest absolute Gasteiger partial charge is 0.492 e. The highest BCUT2D eigenvalue weighted by Gasteiger charge is 2.23. The van der Waals surface area contributed by atoms with E-state index in [1.54, 1.807) is 0 Å². The summed E-state index contributed by atoms with van der Waals surface area (Å²) in [6, 6.07) is 26.4. The third kappa shape index (κ3) is 4.90. The number of anilines is 2. The lowest BCUT2D eigenvalue weighted by molar-refractivity contribution is -0.118. The van der Waals surface area contributed by atoms with Crippen LogP contribution in [-0.4, -0.2) is 19.6 Å². The number of nitrogens with zero attached hydrogens (tertiary/aromatic N) is 1. The molecule has 5 nitrogen and oxygen atoms in total. The van der Waals surface area contributed by atoms with Crippen molar-refractivity contribution in [3.05, 3.63) is 90.5 Å². The topological polar surface area (TPSA) is 53.6 Å². The summed E-state index contributed by atoms with van der Waals surface area (Å²) in [5, 5.41) is 4.85. The summed E-state index contributed by atoms with van der Waals surface area (Å²) in [6.07, 6.45) is 0. The van der Waals surface area contributed by atoms with Crippen molar-refractivity contribution in [1.82, 2.24) is 5.43 Å². The van der Waals surface area contributed by atoms with Crippen LogP contribution in [0.5, 0.6) is 5.75 Å². The predicted molar refractivity (Wildman–Crippen MR) is 113 cm³/mol. The molecule has 0 aromatic heterocycles. The van der Waals surface area contributed by atoms with E-state index in [2.05, 4.69) is 10.7 Å². The van der Waals surface area contributed by atoms with Gasteiger partial charge in [-0.3, -0.25) is 4.79 Å². The quantitative estimate of drug-likeness (QED) is 0.573. The van der Waals surface area contributed by atoms with Crippen LogP contribution in [0.3, 0.4) is 0 Å². The van der Waals surface area contributed by atoms with Gasteiger partial charge in [0.15, 0.2) is 0 Å². The number of amides is 1. The Bertz CT molecular complexity index is 885. The van der Waals surface area contributed by atoms with E-state index >= 15 is 0 Å². The van der Waals surface area contributed by atoms with Crippen LogP contribution >= 0.6 is 0 Å². The van der Waals surface area contributed by atoms with Crippen molar-refractivity contribution in [1.29, 1.82) is 0 Å². The number of carbonyl (C=O) groups excluding carboxylic acids is 1. The van der Waals surface area contributed by atoms with Gasteiger partial charge in [0.2, 0.25) is 5.91 Å². The van der Waals surface area contributed by atoms with E-state index in [1.165, 1.54) is 0 Å². The zero-order valence-electron chi connectivity index (χ0n) is 16.1. The number of ether oxygens (including phenoxy) is 1. The van der Waals surface area contributed by atoms with Gasteiger partial charge in [-0.05, 0) is 36.8 Å². The Morgan fingerprint density at radius 1 is 0.929 bits per heavy atom. The molecule has 144 valence electrons. The van der Waals surface area contributed by atoms with Crippen molar-refractivity contribution in [2.75, 3.05) is 24.0 Å². The summed E-state index contributed by atoms with van der Waals surface area (Å²) >= 11 is 0. The van der Waals surface area contributed by atoms with Gasteiger partial charge in [-0.15, -0.1) is 0 Å². The maximum Gasteiger partial charge on any atom is 0.247 e. The molecule has 3 aromatic rings. The van der Waals surface area contributed by atoms with Gasteiger partial charge in [-0.25, -0.2) is 5.43 Å². The van der Waals surface area contributed by atoms with Crippen LogP contribution in [0.2, 0.25) is 0 Å². The van der Waals surface area contributed by atoms with E-state index in [-0.39, 0.29) is 5.91 Å². The van der Waals surface area contributed by atoms with Gasteiger partial charge in [0.1, 0.15) is 11.8 Å². The number of para-hydroxylation sites is 3. The molecule has 0 heterocycles. The predicted octanol–water partition coefficient (Wildman–Crippen LogP) is 4.41. The molecule has 0 aliphatic carbocycles. The van der Waals surface area contributed by atoms with E-state index in [0.717, 1.165) is 11.3 Å². The van der Waals surface area contributed by atoms with Crippen LogP contribution in [0.25, 0.3) is 0 Å². The molecule has 1 amide bonds. The first-order valence-electron chi connectivity index (χ1n) is 9.31. The van der Waals surface area contributed by atoms with E-state index in [9.17, 15) is 4.79 Å². The zero-order chi connectivity index (χ0) is 19.8. The molecule has 2 N–H and O–H groups in total. The molecule has 0 saturated heterocycles. The van der Waals surface area contributed by atoms with Crippen LogP contribution in [0.15, 0.2) is 84.9 Å². The molecular formula is C23H25N3O2. The van der Waals surface area contributed by atoms with Gasteiger partial charge in [0.25, 0.3) is 0 Å². The Balaban J connectivity index is 1.84. The number of nitrogens with one attached hydrogen (secondary N) is 2. The van der Waals surface area contributed by atoms with Gasteiger partial charge in [-0.1, -0.05) is 60.7 Å². The average molecular weight is 375 g/mol. The molecule has 0 unspecified atom stereocenters. The molecule has 0 spiro atoms. The monoisotopic (exact) mass is 375 g/mol. The molecule has 5 heteroatoms. The Morgan fingerprint density at radius 3 is 2.21 bits per heavy atom. The number of benzene rings is 3. The van der Waals surface area contributed by atoms with Gasteiger partial charge in [0, 0.05) is 7.05 Å². The number of rotatable bonds is 8. The molecule has 28 heavy (non-hydrogen) atoms. The second-order valence-electron chi connectivity index (χ2n) is 6.29. The smallest absolute Gasteiger partial charge is 0.247 e. The highest BCUT2D eigenvalue weighted by atomic mass is 16.5. The third-order valence-corrected chi connectivity index (χ3v) is 4.31. The molecule has 3 aromatic carbocycles. The number of hydrazine groups is 1. The van der Waals surface area contributed by atoms with Crippen molar-refractivity contribution in [3.63, 3.8) is 0 Å². The van der Waals surface area contributed by atoms with E-state index in [1.807, 2.05) is 104 Å². The summed E-state index contributed by atoms with van der Waals surface area (Å²) in [5.74, 6) is 0.489. The highest BCUT2D eigenvalue weighted by Crippen LogP contribution is 2.26. The van der Waals surface area contributed by atoms with Crippen molar-refractivity contribution >= 4 is 17.3 Å².